The largest absolute Gasteiger partial charge is 0.342 e. The molecule has 1 heterocycles. The van der Waals surface area contributed by atoms with Gasteiger partial charge in [0, 0.05) is 6.54 Å². The molecule has 2 atom stereocenters. The zero-order valence-corrected chi connectivity index (χ0v) is 12.9. The second kappa shape index (κ2) is 5.35. The van der Waals surface area contributed by atoms with Crippen LogP contribution in [0.2, 0.25) is 0 Å². The van der Waals surface area contributed by atoms with Gasteiger partial charge in [0.05, 0.1) is 11.0 Å². The van der Waals surface area contributed by atoms with E-state index in [1.165, 1.54) is 4.90 Å². The van der Waals surface area contributed by atoms with E-state index in [9.17, 15) is 18.0 Å². The van der Waals surface area contributed by atoms with E-state index in [4.69, 9.17) is 0 Å². The highest BCUT2D eigenvalue weighted by Crippen LogP contribution is 2.35. The molecule has 0 aromatic rings. The normalized spacial score (nSPS) is 27.9. The summed E-state index contributed by atoms with van der Waals surface area (Å²) < 4.78 is 23.7. The van der Waals surface area contributed by atoms with Crippen LogP contribution in [0.5, 0.6) is 0 Å². The van der Waals surface area contributed by atoms with Crippen LogP contribution in [0, 0.1) is 5.92 Å². The van der Waals surface area contributed by atoms with Crippen LogP contribution in [0.3, 0.4) is 0 Å². The van der Waals surface area contributed by atoms with E-state index < -0.39 is 27.2 Å². The van der Waals surface area contributed by atoms with Crippen LogP contribution < -0.4 is 5.32 Å². The van der Waals surface area contributed by atoms with Crippen LogP contribution in [0.15, 0.2) is 0 Å². The van der Waals surface area contributed by atoms with Crippen LogP contribution in [-0.4, -0.2) is 54.8 Å². The molecule has 2 amide bonds. The third kappa shape index (κ3) is 2.97. The van der Waals surface area contributed by atoms with Crippen molar-refractivity contribution in [2.24, 2.45) is 5.92 Å². The quantitative estimate of drug-likeness (QED) is 0.771. The second-order valence-corrected chi connectivity index (χ2v) is 8.62. The van der Waals surface area contributed by atoms with Gasteiger partial charge in [-0.05, 0) is 39.5 Å². The van der Waals surface area contributed by atoms with Crippen molar-refractivity contribution in [2.75, 3.05) is 12.3 Å². The van der Waals surface area contributed by atoms with Gasteiger partial charge in [0.15, 0.2) is 9.84 Å². The first-order chi connectivity index (χ1) is 9.24. The smallest absolute Gasteiger partial charge is 0.246 e. The summed E-state index contributed by atoms with van der Waals surface area (Å²) in [6.45, 7) is 4.97. The van der Waals surface area contributed by atoms with E-state index in [2.05, 4.69) is 5.32 Å². The summed E-state index contributed by atoms with van der Waals surface area (Å²) in [6.07, 6.45) is 1.90. The molecule has 2 rings (SSSR count). The number of hydrogen-bond acceptors (Lipinski definition) is 4. The van der Waals surface area contributed by atoms with Crippen molar-refractivity contribution in [1.82, 2.24) is 10.2 Å². The van der Waals surface area contributed by atoms with E-state index in [0.717, 1.165) is 12.8 Å². The topological polar surface area (TPSA) is 83.6 Å². The number of amides is 2. The first-order valence-corrected chi connectivity index (χ1v) is 8.78. The molecule has 2 unspecified atom stereocenters. The lowest BCUT2D eigenvalue weighted by Gasteiger charge is -2.37. The molecule has 1 N–H and O–H groups in total. The number of nitrogens with one attached hydrogen (secondary N) is 1. The number of hydrogen-bond donors (Lipinski definition) is 1. The van der Waals surface area contributed by atoms with Gasteiger partial charge in [-0.25, -0.2) is 8.42 Å². The Morgan fingerprint density at radius 1 is 1.30 bits per heavy atom. The number of carbonyl (C=O) groups excluding carboxylic acids is 2. The highest BCUT2D eigenvalue weighted by Gasteiger charge is 2.45. The summed E-state index contributed by atoms with van der Waals surface area (Å²) >= 11 is 0. The maximum atomic E-state index is 12.4. The molecule has 0 aromatic heterocycles. The predicted molar refractivity (Wildman–Crippen MR) is 74.8 cm³/mol. The third-order valence-corrected chi connectivity index (χ3v) is 6.31. The maximum absolute atomic E-state index is 12.4. The monoisotopic (exact) mass is 302 g/mol. The van der Waals surface area contributed by atoms with Gasteiger partial charge in [-0.15, -0.1) is 0 Å². The van der Waals surface area contributed by atoms with Crippen molar-refractivity contribution in [3.05, 3.63) is 0 Å². The average Bonchev–Trinajstić information content (AvgIpc) is 3.17. The Balaban J connectivity index is 2.07. The number of rotatable bonds is 5. The Hall–Kier alpha value is -1.11. The Labute approximate surface area is 119 Å². The van der Waals surface area contributed by atoms with Crippen LogP contribution >= 0.6 is 0 Å². The Kier molecular flexibility index (Phi) is 4.09. The minimum atomic E-state index is -3.21. The second-order valence-electron chi connectivity index (χ2n) is 5.95. The molecule has 1 aliphatic heterocycles. The van der Waals surface area contributed by atoms with Crippen molar-refractivity contribution in [2.45, 2.75) is 50.9 Å². The zero-order chi connectivity index (χ0) is 15.1. The van der Waals surface area contributed by atoms with E-state index in [1.807, 2.05) is 0 Å². The van der Waals surface area contributed by atoms with Crippen molar-refractivity contribution >= 4 is 21.7 Å². The fourth-order valence-corrected chi connectivity index (χ4v) is 3.28. The van der Waals surface area contributed by atoms with Crippen LogP contribution in [0.25, 0.3) is 0 Å². The molecular weight excluding hydrogens is 280 g/mol. The third-order valence-electron chi connectivity index (χ3n) is 4.12. The summed E-state index contributed by atoms with van der Waals surface area (Å²) in [4.78, 5) is 25.7. The first-order valence-electron chi connectivity index (χ1n) is 7.06. The SMILES string of the molecule is CC1C(=O)NC(C2CC2)C(=O)N1CCS(=O)(=O)C(C)C. The molecule has 0 aromatic carbocycles. The summed E-state index contributed by atoms with van der Waals surface area (Å²) in [6, 6.07) is -1.06. The zero-order valence-electron chi connectivity index (χ0n) is 12.1. The van der Waals surface area contributed by atoms with E-state index >= 15 is 0 Å². The van der Waals surface area contributed by atoms with Crippen LogP contribution in [-0.2, 0) is 19.4 Å². The number of carbonyl (C=O) groups is 2. The number of piperazine rings is 1. The number of sulfone groups is 1. The highest BCUT2D eigenvalue weighted by atomic mass is 32.2. The Morgan fingerprint density at radius 3 is 2.40 bits per heavy atom. The van der Waals surface area contributed by atoms with Gasteiger partial charge in [0.25, 0.3) is 0 Å². The molecule has 1 aliphatic carbocycles. The summed E-state index contributed by atoms with van der Waals surface area (Å²) in [5.41, 5.74) is 0. The molecule has 2 fully saturated rings. The minimum Gasteiger partial charge on any atom is -0.342 e. The van der Waals surface area contributed by atoms with Gasteiger partial charge in [0.1, 0.15) is 12.1 Å². The maximum Gasteiger partial charge on any atom is 0.246 e. The molecule has 6 nitrogen and oxygen atoms in total. The van der Waals surface area contributed by atoms with Gasteiger partial charge in [-0.2, -0.15) is 0 Å². The summed E-state index contributed by atoms with van der Waals surface area (Å²) in [7, 11) is -3.21. The molecule has 0 radical (unpaired) electrons. The molecule has 0 bridgehead atoms. The van der Waals surface area contributed by atoms with E-state index in [1.54, 1.807) is 20.8 Å². The van der Waals surface area contributed by atoms with Gasteiger partial charge in [-0.1, -0.05) is 0 Å². The fourth-order valence-electron chi connectivity index (χ4n) is 2.36. The predicted octanol–water partition coefficient (Wildman–Crippen LogP) is -0.0649. The lowest BCUT2D eigenvalue weighted by Crippen LogP contribution is -2.63. The molecule has 0 spiro atoms. The van der Waals surface area contributed by atoms with Gasteiger partial charge in [0.2, 0.25) is 11.8 Å². The molecule has 1 saturated heterocycles. The lowest BCUT2D eigenvalue weighted by atomic mass is 10.0. The molecule has 7 heteroatoms. The minimum absolute atomic E-state index is 0.0919. The average molecular weight is 302 g/mol. The van der Waals surface area contributed by atoms with Crippen molar-refractivity contribution < 1.29 is 18.0 Å². The Bertz CT molecular complexity index is 510. The summed E-state index contributed by atoms with van der Waals surface area (Å²) in [5, 5.41) is 2.28. The standard InChI is InChI=1S/C13H22N2O4S/c1-8(2)20(18,19)7-6-15-9(3)12(16)14-11(13(15)17)10-4-5-10/h8-11H,4-7H2,1-3H3,(H,14,16). The van der Waals surface area contributed by atoms with E-state index in [0.29, 0.717) is 0 Å². The lowest BCUT2D eigenvalue weighted by molar-refractivity contribution is -0.148. The molecule has 1 saturated carbocycles. The van der Waals surface area contributed by atoms with Gasteiger partial charge < -0.3 is 10.2 Å². The molecular formula is C13H22N2O4S. The highest BCUT2D eigenvalue weighted by molar-refractivity contribution is 7.92. The van der Waals surface area contributed by atoms with Crippen LogP contribution in [0.4, 0.5) is 0 Å². The molecule has 2 aliphatic rings. The molecule has 114 valence electrons. The van der Waals surface area contributed by atoms with Crippen molar-refractivity contribution in [3.8, 4) is 0 Å². The first kappa shape index (κ1) is 15.3. The van der Waals surface area contributed by atoms with E-state index in [-0.39, 0.29) is 30.0 Å². The molecule has 20 heavy (non-hydrogen) atoms. The summed E-state index contributed by atoms with van der Waals surface area (Å²) in [5.74, 6) is -0.198. The van der Waals surface area contributed by atoms with Crippen LogP contribution in [0.1, 0.15) is 33.6 Å². The number of nitrogens with zero attached hydrogens (tertiary/aromatic N) is 1. The van der Waals surface area contributed by atoms with Crippen molar-refractivity contribution in [3.63, 3.8) is 0 Å². The van der Waals surface area contributed by atoms with Gasteiger partial charge >= 0.3 is 0 Å². The Morgan fingerprint density at radius 2 is 1.90 bits per heavy atom. The fraction of sp³-hybridized carbons (Fsp3) is 0.846. The van der Waals surface area contributed by atoms with Gasteiger partial charge in [-0.3, -0.25) is 9.59 Å². The van der Waals surface area contributed by atoms with Crippen molar-refractivity contribution in [1.29, 1.82) is 0 Å².